The molecule has 4 N–H and O–H groups in total. The van der Waals surface area contributed by atoms with E-state index < -0.39 is 34.4 Å². The van der Waals surface area contributed by atoms with Gasteiger partial charge in [-0.2, -0.15) is 5.10 Å². The van der Waals surface area contributed by atoms with Crippen LogP contribution in [0.15, 0.2) is 100 Å². The lowest BCUT2D eigenvalue weighted by molar-refractivity contribution is 0.102. The molecule has 1 amide bonds. The minimum absolute atomic E-state index is 0.0146. The molecule has 0 aliphatic carbocycles. The van der Waals surface area contributed by atoms with Crippen molar-refractivity contribution in [3.63, 3.8) is 0 Å². The third-order valence-electron chi connectivity index (χ3n) is 5.94. The second-order valence-electron chi connectivity index (χ2n) is 8.73. The molecule has 206 valence electrons. The van der Waals surface area contributed by atoms with Gasteiger partial charge in [-0.1, -0.05) is 0 Å². The Balaban J connectivity index is 1.38. The van der Waals surface area contributed by atoms with Crippen molar-refractivity contribution in [2.45, 2.75) is 0 Å². The van der Waals surface area contributed by atoms with E-state index in [0.717, 1.165) is 36.2 Å². The summed E-state index contributed by atoms with van der Waals surface area (Å²) in [5, 5.41) is 17.0. The molecule has 0 radical (unpaired) electrons. The Labute approximate surface area is 230 Å². The topological polar surface area (TPSA) is 147 Å². The monoisotopic (exact) mass is 557 g/mol. The van der Waals surface area contributed by atoms with Crippen LogP contribution in [-0.4, -0.2) is 31.5 Å². The maximum Gasteiger partial charge on any atom is 0.333 e. The number of allylic oxidation sites excluding steroid dienone is 3. The zero-order valence-corrected chi connectivity index (χ0v) is 21.3. The molecule has 0 fully saturated rings. The molecule has 5 rings (SSSR count). The first kappa shape index (κ1) is 26.7. The number of carbonyl (C=O) groups excluding carboxylic acids is 1. The Morgan fingerprint density at radius 2 is 1.93 bits per heavy atom. The van der Waals surface area contributed by atoms with Crippen LogP contribution in [-0.2, 0) is 7.05 Å². The summed E-state index contributed by atoms with van der Waals surface area (Å²) in [4.78, 5) is 40.3. The maximum absolute atomic E-state index is 15.1. The van der Waals surface area contributed by atoms with Gasteiger partial charge in [0.05, 0.1) is 17.6 Å². The highest BCUT2D eigenvalue weighted by Gasteiger charge is 2.19. The molecule has 2 aromatic carbocycles. The minimum Gasteiger partial charge on any atom is -0.452 e. The molecule has 0 unspecified atom stereocenters. The fourth-order valence-electron chi connectivity index (χ4n) is 3.96. The number of H-pyrrole nitrogens is 1. The number of aromatic amines is 1. The van der Waals surface area contributed by atoms with E-state index in [0.29, 0.717) is 15.8 Å². The Morgan fingerprint density at radius 3 is 2.61 bits per heavy atom. The van der Waals surface area contributed by atoms with E-state index in [9.17, 15) is 18.8 Å². The van der Waals surface area contributed by atoms with Gasteiger partial charge in [-0.15, -0.1) is 0 Å². The van der Waals surface area contributed by atoms with Crippen molar-refractivity contribution in [2.75, 3.05) is 5.32 Å². The van der Waals surface area contributed by atoms with Gasteiger partial charge >= 0.3 is 5.69 Å². The van der Waals surface area contributed by atoms with E-state index in [1.54, 1.807) is 36.4 Å². The lowest BCUT2D eigenvalue weighted by Crippen LogP contribution is -2.38. The number of nitrogens with one attached hydrogen (secondary N) is 4. The summed E-state index contributed by atoms with van der Waals surface area (Å²) in [5.41, 5.74) is -0.205. The SMILES string of the molecule is Cn1cc(C2=CN/C(=C\C=N)C(Oc3ccc(NC(=O)c4c[nH]c(=O)n(-c5ccc(F)cc5)c4=O)cc3F)=C2)cn1. The van der Waals surface area contributed by atoms with E-state index in [4.69, 9.17) is 10.1 Å². The van der Waals surface area contributed by atoms with Crippen LogP contribution >= 0.6 is 0 Å². The second-order valence-corrected chi connectivity index (χ2v) is 8.73. The molecular weight excluding hydrogens is 536 g/mol. The number of rotatable bonds is 7. The lowest BCUT2D eigenvalue weighted by atomic mass is 10.1. The van der Waals surface area contributed by atoms with Gasteiger partial charge in [-0.25, -0.2) is 18.1 Å². The van der Waals surface area contributed by atoms with Crippen LogP contribution in [0.3, 0.4) is 0 Å². The summed E-state index contributed by atoms with van der Waals surface area (Å²) >= 11 is 0. The standard InChI is InChI=1S/C28H21F2N7O4/c1-36-15-17(13-34-36)16-10-25(23(8-9-31)32-12-16)41-24-7-4-19(11-22(24)30)35-26(38)21-14-33-28(40)37(27(21)39)20-5-2-18(29)3-6-20/h2-15,31-32H,1H3,(H,33,40)(H,35,38)/b23-8-,31-9?. The van der Waals surface area contributed by atoms with Gasteiger partial charge in [-0.05, 0) is 48.6 Å². The molecule has 4 aromatic rings. The van der Waals surface area contributed by atoms with E-state index in [1.807, 2.05) is 0 Å². The lowest BCUT2D eigenvalue weighted by Gasteiger charge is -2.19. The van der Waals surface area contributed by atoms with Gasteiger partial charge in [-0.3, -0.25) is 14.3 Å². The highest BCUT2D eigenvalue weighted by molar-refractivity contribution is 6.03. The number of hydrogen-bond acceptors (Lipinski definition) is 7. The zero-order chi connectivity index (χ0) is 29.1. The van der Waals surface area contributed by atoms with Gasteiger partial charge in [0.1, 0.15) is 11.4 Å². The first-order chi connectivity index (χ1) is 19.7. The van der Waals surface area contributed by atoms with Crippen molar-refractivity contribution in [3.05, 3.63) is 134 Å². The van der Waals surface area contributed by atoms with Crippen LogP contribution in [0.1, 0.15) is 15.9 Å². The molecule has 2 aromatic heterocycles. The molecule has 0 atom stereocenters. The van der Waals surface area contributed by atoms with Gasteiger partial charge in [0.25, 0.3) is 11.5 Å². The average Bonchev–Trinajstić information content (AvgIpc) is 3.38. The van der Waals surface area contributed by atoms with Crippen molar-refractivity contribution in [2.24, 2.45) is 7.05 Å². The molecule has 0 saturated heterocycles. The van der Waals surface area contributed by atoms with Crippen LogP contribution in [0.2, 0.25) is 0 Å². The molecule has 0 bridgehead atoms. The summed E-state index contributed by atoms with van der Waals surface area (Å²) < 4.78 is 36.5. The minimum atomic E-state index is -0.946. The molecule has 1 aliphatic heterocycles. The fourth-order valence-corrected chi connectivity index (χ4v) is 3.96. The van der Waals surface area contributed by atoms with Crippen LogP contribution < -0.4 is 26.6 Å². The molecule has 13 heteroatoms. The third kappa shape index (κ3) is 5.63. The first-order valence-electron chi connectivity index (χ1n) is 12.0. The predicted octanol–water partition coefficient (Wildman–Crippen LogP) is 3.23. The number of amides is 1. The summed E-state index contributed by atoms with van der Waals surface area (Å²) in [7, 11) is 1.77. The molecule has 1 aliphatic rings. The quantitative estimate of drug-likeness (QED) is 0.257. The van der Waals surface area contributed by atoms with Crippen molar-refractivity contribution >= 4 is 23.4 Å². The van der Waals surface area contributed by atoms with Crippen LogP contribution in [0, 0.1) is 17.0 Å². The summed E-state index contributed by atoms with van der Waals surface area (Å²) in [5.74, 6) is -2.22. The highest BCUT2D eigenvalue weighted by atomic mass is 19.1. The normalized spacial score (nSPS) is 13.7. The van der Waals surface area contributed by atoms with Crippen LogP contribution in [0.4, 0.5) is 14.5 Å². The first-order valence-corrected chi connectivity index (χ1v) is 12.0. The van der Waals surface area contributed by atoms with Crippen LogP contribution in [0.5, 0.6) is 5.75 Å². The van der Waals surface area contributed by atoms with Crippen molar-refractivity contribution in [3.8, 4) is 11.4 Å². The number of aryl methyl sites for hydroxylation is 1. The summed E-state index contributed by atoms with van der Waals surface area (Å²) in [6, 6.07) is 8.24. The van der Waals surface area contributed by atoms with E-state index >= 15 is 4.39 Å². The second kappa shape index (κ2) is 11.1. The largest absolute Gasteiger partial charge is 0.452 e. The Hall–Kier alpha value is -5.85. The van der Waals surface area contributed by atoms with Gasteiger partial charge < -0.3 is 25.8 Å². The number of dihydropyridines is 1. The maximum atomic E-state index is 15.1. The predicted molar refractivity (Wildman–Crippen MR) is 147 cm³/mol. The Bertz CT molecular complexity index is 1880. The van der Waals surface area contributed by atoms with Crippen molar-refractivity contribution in [1.82, 2.24) is 24.6 Å². The number of nitrogens with zero attached hydrogens (tertiary/aromatic N) is 3. The van der Waals surface area contributed by atoms with E-state index in [1.165, 1.54) is 30.3 Å². The van der Waals surface area contributed by atoms with E-state index in [-0.39, 0.29) is 22.9 Å². The fraction of sp³-hybridized carbons (Fsp3) is 0.0357. The third-order valence-corrected chi connectivity index (χ3v) is 5.94. The van der Waals surface area contributed by atoms with Crippen LogP contribution in [0.25, 0.3) is 11.3 Å². The number of aromatic nitrogens is 4. The number of carbonyl (C=O) groups is 1. The number of benzene rings is 2. The average molecular weight is 558 g/mol. The van der Waals surface area contributed by atoms with Crippen molar-refractivity contribution in [1.29, 1.82) is 5.41 Å². The molecular formula is C28H21F2N7O4. The Kier molecular flexibility index (Phi) is 7.24. The number of ether oxygens (including phenoxy) is 1. The van der Waals surface area contributed by atoms with E-state index in [2.05, 4.69) is 20.7 Å². The molecule has 0 spiro atoms. The zero-order valence-electron chi connectivity index (χ0n) is 21.3. The number of halogens is 2. The summed E-state index contributed by atoms with van der Waals surface area (Å²) in [6.07, 6.45) is 10.3. The molecule has 0 saturated carbocycles. The van der Waals surface area contributed by atoms with Crippen molar-refractivity contribution < 1.29 is 18.3 Å². The van der Waals surface area contributed by atoms with Gasteiger partial charge in [0.2, 0.25) is 0 Å². The Morgan fingerprint density at radius 1 is 1.15 bits per heavy atom. The van der Waals surface area contributed by atoms with Gasteiger partial charge in [0, 0.05) is 54.7 Å². The molecule has 11 nitrogen and oxygen atoms in total. The highest BCUT2D eigenvalue weighted by Crippen LogP contribution is 2.29. The molecule has 3 heterocycles. The summed E-state index contributed by atoms with van der Waals surface area (Å²) in [6.45, 7) is 0. The number of anilines is 1. The number of hydrogen-bond donors (Lipinski definition) is 4. The van der Waals surface area contributed by atoms with Gasteiger partial charge in [0.15, 0.2) is 17.3 Å². The smallest absolute Gasteiger partial charge is 0.333 e. The molecule has 41 heavy (non-hydrogen) atoms.